The van der Waals surface area contributed by atoms with E-state index >= 15 is 0 Å². The van der Waals surface area contributed by atoms with Gasteiger partial charge >= 0.3 is 0 Å². The van der Waals surface area contributed by atoms with Crippen LogP contribution in [0.2, 0.25) is 15.1 Å². The highest BCUT2D eigenvalue weighted by atomic mass is 35.5. The van der Waals surface area contributed by atoms with Gasteiger partial charge in [0.1, 0.15) is 11.5 Å². The summed E-state index contributed by atoms with van der Waals surface area (Å²) in [6, 6.07) is 13.2. The number of hydrogen-bond acceptors (Lipinski definition) is 5. The fourth-order valence-corrected chi connectivity index (χ4v) is 9.84. The predicted octanol–water partition coefficient (Wildman–Crippen LogP) is 5.87. The average Bonchev–Trinajstić information content (AvgIpc) is 3.62. The summed E-state index contributed by atoms with van der Waals surface area (Å²) in [6.45, 7) is 2.60. The van der Waals surface area contributed by atoms with Crippen LogP contribution in [0.15, 0.2) is 47.4 Å². The van der Waals surface area contributed by atoms with Crippen molar-refractivity contribution in [3.05, 3.63) is 63.1 Å². The van der Waals surface area contributed by atoms with Crippen LogP contribution in [-0.2, 0) is 25.1 Å². The van der Waals surface area contributed by atoms with Gasteiger partial charge in [0.2, 0.25) is 15.9 Å². The number of nitrogens with one attached hydrogen (secondary N) is 1. The lowest BCUT2D eigenvalue weighted by molar-refractivity contribution is -0.127. The fraction of sp³-hybridized carbons (Fsp3) is 0.552. The second-order valence-electron chi connectivity index (χ2n) is 11.1. The Morgan fingerprint density at radius 1 is 0.950 bits per heavy atom. The van der Waals surface area contributed by atoms with Crippen molar-refractivity contribution in [2.24, 2.45) is 0 Å². The molecule has 40 heavy (non-hydrogen) atoms. The summed E-state index contributed by atoms with van der Waals surface area (Å²) in [5.41, 5.74) is 1.42. The molecule has 2 heterocycles. The van der Waals surface area contributed by atoms with Crippen molar-refractivity contribution in [3.63, 3.8) is 0 Å². The molecular weight excluding hydrogens is 593 g/mol. The van der Waals surface area contributed by atoms with Crippen molar-refractivity contribution in [1.29, 1.82) is 0 Å². The minimum Gasteiger partial charge on any atom is -0.370 e. The molecule has 2 aromatic rings. The van der Waals surface area contributed by atoms with E-state index in [1.54, 1.807) is 0 Å². The lowest BCUT2D eigenvalue weighted by atomic mass is 9.73. The molecule has 3 fully saturated rings. The molecule has 11 heteroatoms. The summed E-state index contributed by atoms with van der Waals surface area (Å²) >= 11 is 18.4. The molecule has 2 aromatic carbocycles. The van der Waals surface area contributed by atoms with E-state index in [2.05, 4.69) is 40.5 Å². The first-order valence-electron chi connectivity index (χ1n) is 14.0. The Hall–Kier alpha value is -1.39. The van der Waals surface area contributed by atoms with Gasteiger partial charge in [-0.15, -0.1) is 0 Å². The Kier molecular flexibility index (Phi) is 9.67. The van der Waals surface area contributed by atoms with E-state index in [0.29, 0.717) is 19.4 Å². The molecule has 0 bridgehead atoms. The smallest absolute Gasteiger partial charge is 0.246 e. The van der Waals surface area contributed by atoms with Gasteiger partial charge in [0.15, 0.2) is 0 Å². The molecule has 1 saturated carbocycles. The number of ether oxygens (including phenoxy) is 1. The topological polar surface area (TPSA) is 78.9 Å². The summed E-state index contributed by atoms with van der Waals surface area (Å²) in [4.78, 5) is 15.3. The zero-order valence-corrected chi connectivity index (χ0v) is 25.5. The summed E-state index contributed by atoms with van der Waals surface area (Å²) in [6.07, 6.45) is 7.63. The van der Waals surface area contributed by atoms with Gasteiger partial charge < -0.3 is 10.1 Å². The van der Waals surface area contributed by atoms with E-state index in [0.717, 1.165) is 38.8 Å². The minimum atomic E-state index is -3.95. The zero-order chi connectivity index (χ0) is 28.3. The number of hydrogen-bond donors (Lipinski definition) is 1. The van der Waals surface area contributed by atoms with E-state index in [1.807, 2.05) is 0 Å². The second-order valence-corrected chi connectivity index (χ2v) is 14.1. The Balaban J connectivity index is 1.13. The van der Waals surface area contributed by atoms with E-state index in [-0.39, 0.29) is 50.7 Å². The molecule has 2 saturated heterocycles. The Morgan fingerprint density at radius 3 is 2.25 bits per heavy atom. The standard InChI is InChI=1S/C29H36Cl3N3O4S/c30-22-17-25(31)28(26(32)18-22)40(37,38)35-16-6-9-24(35)19-39-20-27(36)33-23-10-12-29(13-11-23,34-14-4-5-15-34)21-7-2-1-3-8-21/h1-3,7-8,17-18,23-24H,4-6,9-16,19-20H2,(H,33,36). The van der Waals surface area contributed by atoms with Gasteiger partial charge in [-0.05, 0) is 82.2 Å². The third kappa shape index (κ3) is 6.33. The minimum absolute atomic E-state index is 0.0167. The van der Waals surface area contributed by atoms with Crippen LogP contribution >= 0.6 is 34.8 Å². The maximum atomic E-state index is 13.4. The molecule has 7 nitrogen and oxygen atoms in total. The first-order valence-corrected chi connectivity index (χ1v) is 16.6. The van der Waals surface area contributed by atoms with Crippen LogP contribution < -0.4 is 5.32 Å². The van der Waals surface area contributed by atoms with Crippen LogP contribution in [0.3, 0.4) is 0 Å². The highest BCUT2D eigenvalue weighted by Gasteiger charge is 2.43. The van der Waals surface area contributed by atoms with E-state index < -0.39 is 16.1 Å². The number of nitrogens with zero attached hydrogens (tertiary/aromatic N) is 2. The highest BCUT2D eigenvalue weighted by Crippen LogP contribution is 2.44. The van der Waals surface area contributed by atoms with Gasteiger partial charge in [-0.25, -0.2) is 8.42 Å². The monoisotopic (exact) mass is 627 g/mol. The number of rotatable bonds is 9. The van der Waals surface area contributed by atoms with Crippen molar-refractivity contribution in [2.75, 3.05) is 32.8 Å². The van der Waals surface area contributed by atoms with Crippen molar-refractivity contribution in [1.82, 2.24) is 14.5 Å². The molecule has 0 aromatic heterocycles. The molecule has 218 valence electrons. The SMILES string of the molecule is O=C(COCC1CCCN1S(=O)(=O)c1c(Cl)cc(Cl)cc1Cl)NC1CCC(c2ccccc2)(N2CCCC2)CC1. The Bertz CT molecular complexity index is 1270. The fourth-order valence-electron chi connectivity index (χ4n) is 6.66. The molecule has 0 radical (unpaired) electrons. The molecule has 1 amide bonds. The molecule has 5 rings (SSSR count). The third-order valence-electron chi connectivity index (χ3n) is 8.60. The number of likely N-dealkylation sites (tertiary alicyclic amines) is 1. The molecule has 2 aliphatic heterocycles. The van der Waals surface area contributed by atoms with E-state index in [1.165, 1.54) is 34.8 Å². The van der Waals surface area contributed by atoms with E-state index in [4.69, 9.17) is 39.5 Å². The molecule has 1 aliphatic carbocycles. The van der Waals surface area contributed by atoms with Gasteiger partial charge in [-0.3, -0.25) is 9.69 Å². The van der Waals surface area contributed by atoms with Crippen LogP contribution in [0.1, 0.15) is 56.9 Å². The van der Waals surface area contributed by atoms with Gasteiger partial charge in [-0.2, -0.15) is 4.31 Å². The number of sulfonamides is 1. The summed E-state index contributed by atoms with van der Waals surface area (Å²) in [5, 5.41) is 3.38. The van der Waals surface area contributed by atoms with Crippen LogP contribution in [0.5, 0.6) is 0 Å². The molecule has 3 aliphatic rings. The predicted molar refractivity (Wildman–Crippen MR) is 159 cm³/mol. The normalized spacial score (nSPS) is 26.3. The van der Waals surface area contributed by atoms with Crippen molar-refractivity contribution < 1.29 is 17.9 Å². The lowest BCUT2D eigenvalue weighted by Gasteiger charge is -2.47. The molecule has 1 N–H and O–H groups in total. The summed E-state index contributed by atoms with van der Waals surface area (Å²) in [7, 11) is -3.95. The van der Waals surface area contributed by atoms with Crippen LogP contribution in [-0.4, -0.2) is 68.5 Å². The van der Waals surface area contributed by atoms with Crippen LogP contribution in [0.4, 0.5) is 0 Å². The van der Waals surface area contributed by atoms with Crippen molar-refractivity contribution in [3.8, 4) is 0 Å². The number of benzene rings is 2. The van der Waals surface area contributed by atoms with Crippen molar-refractivity contribution >= 4 is 50.7 Å². The lowest BCUT2D eigenvalue weighted by Crippen LogP contribution is -2.50. The van der Waals surface area contributed by atoms with Gasteiger partial charge in [0, 0.05) is 29.2 Å². The van der Waals surface area contributed by atoms with Gasteiger partial charge in [0.05, 0.1) is 16.7 Å². The highest BCUT2D eigenvalue weighted by molar-refractivity contribution is 7.89. The number of halogens is 3. The summed E-state index contributed by atoms with van der Waals surface area (Å²) in [5.74, 6) is -0.172. The second kappa shape index (κ2) is 12.9. The Morgan fingerprint density at radius 2 is 1.60 bits per heavy atom. The average molecular weight is 629 g/mol. The molecule has 1 unspecified atom stereocenters. The zero-order valence-electron chi connectivity index (χ0n) is 22.5. The maximum absolute atomic E-state index is 13.4. The first kappa shape index (κ1) is 30.1. The maximum Gasteiger partial charge on any atom is 0.246 e. The van der Waals surface area contributed by atoms with Gasteiger partial charge in [-0.1, -0.05) is 65.1 Å². The quantitative estimate of drug-likeness (QED) is 0.376. The number of amides is 1. The van der Waals surface area contributed by atoms with E-state index in [9.17, 15) is 13.2 Å². The molecule has 1 atom stereocenters. The Labute approximate surface area is 252 Å². The number of carbonyl (C=O) groups is 1. The van der Waals surface area contributed by atoms with Gasteiger partial charge in [0.25, 0.3) is 0 Å². The molecule has 0 spiro atoms. The van der Waals surface area contributed by atoms with Crippen LogP contribution in [0.25, 0.3) is 0 Å². The third-order valence-corrected chi connectivity index (χ3v) is 11.7. The molecular formula is C29H36Cl3N3O4S. The van der Waals surface area contributed by atoms with Crippen LogP contribution in [0, 0.1) is 0 Å². The largest absolute Gasteiger partial charge is 0.370 e. The summed E-state index contributed by atoms with van der Waals surface area (Å²) < 4.78 is 33.9. The number of carbonyl (C=O) groups excluding carboxylic acids is 1. The first-order chi connectivity index (χ1) is 19.2. The van der Waals surface area contributed by atoms with Crippen molar-refractivity contribution in [2.45, 2.75) is 73.9 Å².